The lowest BCUT2D eigenvalue weighted by Crippen LogP contribution is -2.34. The third-order valence-corrected chi connectivity index (χ3v) is 5.28. The van der Waals surface area contributed by atoms with Crippen LogP contribution in [0.15, 0.2) is 48.5 Å². The average Bonchev–Trinajstić information content (AvgIpc) is 3.06. The number of aromatic nitrogens is 2. The molecule has 0 radical (unpaired) electrons. The molecule has 2 aromatic carbocycles. The number of fused-ring (bicyclic) bond motifs is 1. The summed E-state index contributed by atoms with van der Waals surface area (Å²) in [5.41, 5.74) is 2.81. The van der Waals surface area contributed by atoms with Gasteiger partial charge in [-0.15, -0.1) is 0 Å². The summed E-state index contributed by atoms with van der Waals surface area (Å²) >= 11 is 0. The van der Waals surface area contributed by atoms with E-state index < -0.39 is 11.7 Å². The summed E-state index contributed by atoms with van der Waals surface area (Å²) in [6.45, 7) is 2.54. The molecule has 8 heteroatoms. The molecule has 0 spiro atoms. The van der Waals surface area contributed by atoms with Crippen molar-refractivity contribution in [2.75, 3.05) is 6.54 Å². The number of hydrogen-bond donors (Lipinski definition) is 0. The van der Waals surface area contributed by atoms with Crippen molar-refractivity contribution in [1.29, 1.82) is 0 Å². The quantitative estimate of drug-likeness (QED) is 0.582. The highest BCUT2D eigenvalue weighted by molar-refractivity contribution is 5.74. The molecule has 156 valence electrons. The van der Waals surface area contributed by atoms with E-state index in [2.05, 4.69) is 5.10 Å². The molecule has 1 aromatic heterocycles. The van der Waals surface area contributed by atoms with Gasteiger partial charge in [0.05, 0.1) is 17.8 Å². The van der Waals surface area contributed by atoms with Crippen LogP contribution in [0.3, 0.4) is 0 Å². The minimum Gasteiger partial charge on any atom is -0.338 e. The van der Waals surface area contributed by atoms with Gasteiger partial charge in [0.2, 0.25) is 5.91 Å². The second-order valence-corrected chi connectivity index (χ2v) is 7.33. The fourth-order valence-corrected chi connectivity index (χ4v) is 3.75. The highest BCUT2D eigenvalue weighted by atomic mass is 19.4. The van der Waals surface area contributed by atoms with Crippen LogP contribution in [0.25, 0.3) is 11.3 Å². The Morgan fingerprint density at radius 2 is 1.87 bits per heavy atom. The minimum absolute atomic E-state index is 0.0589. The standard InChI is InChI=1S/C22H19F4N3O/c1-14(30)28-10-9-20-19(13-28)21(16-5-7-18(23)8-6-16)27-29(20)12-15-3-2-4-17(11-15)22(24,25)26/h2-8,11H,9-10,12-13H2,1H3. The Labute approximate surface area is 170 Å². The first-order valence-corrected chi connectivity index (χ1v) is 9.48. The van der Waals surface area contributed by atoms with E-state index in [0.717, 1.165) is 23.4 Å². The van der Waals surface area contributed by atoms with Crippen molar-refractivity contribution in [3.05, 3.63) is 76.7 Å². The summed E-state index contributed by atoms with van der Waals surface area (Å²) in [7, 11) is 0. The molecule has 0 bridgehead atoms. The molecule has 4 nitrogen and oxygen atoms in total. The van der Waals surface area contributed by atoms with E-state index in [0.29, 0.717) is 36.3 Å². The van der Waals surface area contributed by atoms with Gasteiger partial charge in [-0.2, -0.15) is 18.3 Å². The lowest BCUT2D eigenvalue weighted by molar-refractivity contribution is -0.137. The van der Waals surface area contributed by atoms with Gasteiger partial charge in [0.25, 0.3) is 0 Å². The zero-order chi connectivity index (χ0) is 21.5. The second-order valence-electron chi connectivity index (χ2n) is 7.33. The van der Waals surface area contributed by atoms with Gasteiger partial charge in [-0.1, -0.05) is 12.1 Å². The minimum atomic E-state index is -4.42. The van der Waals surface area contributed by atoms with Crippen LogP contribution in [0.4, 0.5) is 17.6 Å². The molecule has 0 saturated heterocycles. The third kappa shape index (κ3) is 3.94. The topological polar surface area (TPSA) is 38.1 Å². The number of halogens is 4. The van der Waals surface area contributed by atoms with Crippen molar-refractivity contribution in [2.45, 2.75) is 32.6 Å². The van der Waals surface area contributed by atoms with E-state index in [4.69, 9.17) is 0 Å². The maximum absolute atomic E-state index is 13.4. The largest absolute Gasteiger partial charge is 0.416 e. The predicted octanol–water partition coefficient (Wildman–Crippen LogP) is 4.66. The summed E-state index contributed by atoms with van der Waals surface area (Å²) in [5, 5.41) is 4.65. The molecule has 4 rings (SSSR count). The van der Waals surface area contributed by atoms with Crippen LogP contribution in [0.2, 0.25) is 0 Å². The number of carbonyl (C=O) groups is 1. The van der Waals surface area contributed by atoms with Gasteiger partial charge < -0.3 is 4.90 Å². The Bertz CT molecular complexity index is 1090. The van der Waals surface area contributed by atoms with Crippen LogP contribution in [-0.2, 0) is 30.5 Å². The SMILES string of the molecule is CC(=O)N1CCc2c(c(-c3ccc(F)cc3)nn2Cc2cccc(C(F)(F)F)c2)C1. The molecule has 2 heterocycles. The highest BCUT2D eigenvalue weighted by Gasteiger charge is 2.31. The Kier molecular flexibility index (Phi) is 5.09. The number of amides is 1. The number of rotatable bonds is 3. The lowest BCUT2D eigenvalue weighted by atomic mass is 10.0. The molecule has 3 aromatic rings. The third-order valence-electron chi connectivity index (χ3n) is 5.28. The first kappa shape index (κ1) is 20.1. The van der Waals surface area contributed by atoms with Crippen LogP contribution in [0.5, 0.6) is 0 Å². The Morgan fingerprint density at radius 3 is 2.53 bits per heavy atom. The zero-order valence-corrected chi connectivity index (χ0v) is 16.2. The first-order valence-electron chi connectivity index (χ1n) is 9.48. The van der Waals surface area contributed by atoms with E-state index in [1.165, 1.54) is 25.1 Å². The summed E-state index contributed by atoms with van der Waals surface area (Å²) in [6, 6.07) is 11.1. The van der Waals surface area contributed by atoms with Gasteiger partial charge in [0, 0.05) is 43.3 Å². The van der Waals surface area contributed by atoms with E-state index in [9.17, 15) is 22.4 Å². The van der Waals surface area contributed by atoms with E-state index >= 15 is 0 Å². The van der Waals surface area contributed by atoms with Gasteiger partial charge >= 0.3 is 6.18 Å². The van der Waals surface area contributed by atoms with Gasteiger partial charge in [0.1, 0.15) is 5.82 Å². The molecule has 0 N–H and O–H groups in total. The van der Waals surface area contributed by atoms with Crippen molar-refractivity contribution < 1.29 is 22.4 Å². The van der Waals surface area contributed by atoms with Crippen molar-refractivity contribution in [1.82, 2.24) is 14.7 Å². The molecule has 1 aliphatic rings. The number of carbonyl (C=O) groups excluding carboxylic acids is 1. The molecule has 0 unspecified atom stereocenters. The van der Waals surface area contributed by atoms with Gasteiger partial charge in [-0.3, -0.25) is 9.48 Å². The van der Waals surface area contributed by atoms with Crippen molar-refractivity contribution in [2.24, 2.45) is 0 Å². The molecular weight excluding hydrogens is 398 g/mol. The van der Waals surface area contributed by atoms with Crippen molar-refractivity contribution >= 4 is 5.91 Å². The predicted molar refractivity (Wildman–Crippen MR) is 103 cm³/mol. The summed E-state index contributed by atoms with van der Waals surface area (Å²) in [6.07, 6.45) is -3.87. The lowest BCUT2D eigenvalue weighted by Gasteiger charge is -2.27. The first-order chi connectivity index (χ1) is 14.2. The van der Waals surface area contributed by atoms with Crippen molar-refractivity contribution in [3.63, 3.8) is 0 Å². The number of hydrogen-bond acceptors (Lipinski definition) is 2. The van der Waals surface area contributed by atoms with Crippen LogP contribution >= 0.6 is 0 Å². The Morgan fingerprint density at radius 1 is 1.13 bits per heavy atom. The summed E-state index contributed by atoms with van der Waals surface area (Å²) < 4.78 is 54.3. The highest BCUT2D eigenvalue weighted by Crippen LogP contribution is 2.32. The van der Waals surface area contributed by atoms with Gasteiger partial charge in [-0.05, 0) is 42.0 Å². The Balaban J connectivity index is 1.75. The molecular formula is C22H19F4N3O. The monoisotopic (exact) mass is 417 g/mol. The Hall–Kier alpha value is -3.16. The van der Waals surface area contributed by atoms with Crippen LogP contribution in [0, 0.1) is 5.82 Å². The zero-order valence-electron chi connectivity index (χ0n) is 16.2. The molecule has 0 fully saturated rings. The number of nitrogens with zero attached hydrogens (tertiary/aromatic N) is 3. The average molecular weight is 417 g/mol. The molecule has 0 atom stereocenters. The maximum atomic E-state index is 13.4. The van der Waals surface area contributed by atoms with Crippen LogP contribution in [0.1, 0.15) is 29.3 Å². The number of alkyl halides is 3. The molecule has 1 aliphatic heterocycles. The smallest absolute Gasteiger partial charge is 0.338 e. The van der Waals surface area contributed by atoms with Gasteiger partial charge in [-0.25, -0.2) is 4.39 Å². The fraction of sp³-hybridized carbons (Fsp3) is 0.273. The number of benzene rings is 2. The van der Waals surface area contributed by atoms with E-state index in [1.54, 1.807) is 27.8 Å². The molecule has 0 saturated carbocycles. The van der Waals surface area contributed by atoms with Crippen molar-refractivity contribution in [3.8, 4) is 11.3 Å². The summed E-state index contributed by atoms with van der Waals surface area (Å²) in [5.74, 6) is -0.433. The molecule has 30 heavy (non-hydrogen) atoms. The van der Waals surface area contributed by atoms with E-state index in [-0.39, 0.29) is 18.3 Å². The van der Waals surface area contributed by atoms with E-state index in [1.807, 2.05) is 0 Å². The van der Waals surface area contributed by atoms with Gasteiger partial charge in [0.15, 0.2) is 0 Å². The van der Waals surface area contributed by atoms with Crippen LogP contribution in [-0.4, -0.2) is 27.1 Å². The van der Waals surface area contributed by atoms with Crippen LogP contribution < -0.4 is 0 Å². The fourth-order valence-electron chi connectivity index (χ4n) is 3.75. The molecule has 0 aliphatic carbocycles. The summed E-state index contributed by atoms with van der Waals surface area (Å²) in [4.78, 5) is 13.6. The normalized spacial score (nSPS) is 14.0. The maximum Gasteiger partial charge on any atom is 0.416 e. The molecule has 1 amide bonds. The second kappa shape index (κ2) is 7.59.